The average molecular weight is 302 g/mol. The standard InChI is InChI=1S/C17H22N2O3/c1-2-18-9-6-13-10-14(4-5-15(13)18)16(21)19-8-3-7-17(22,11-19)12-20/h4-6,9-10,20,22H,2-3,7-8,11-12H2,1H3. The summed E-state index contributed by atoms with van der Waals surface area (Å²) in [6.45, 7) is 3.48. The first-order chi connectivity index (χ1) is 10.6. The molecule has 5 nitrogen and oxygen atoms in total. The van der Waals surface area contributed by atoms with Crippen LogP contribution in [0.5, 0.6) is 0 Å². The van der Waals surface area contributed by atoms with E-state index in [9.17, 15) is 15.0 Å². The van der Waals surface area contributed by atoms with Gasteiger partial charge in [0.25, 0.3) is 5.91 Å². The molecule has 1 saturated heterocycles. The Kier molecular flexibility index (Phi) is 3.93. The van der Waals surface area contributed by atoms with Gasteiger partial charge in [0.05, 0.1) is 13.2 Å². The molecule has 1 fully saturated rings. The predicted octanol–water partition coefficient (Wildman–Crippen LogP) is 1.62. The zero-order valence-corrected chi connectivity index (χ0v) is 12.8. The second-order valence-electron chi connectivity index (χ2n) is 6.09. The van der Waals surface area contributed by atoms with Crippen LogP contribution in [0.3, 0.4) is 0 Å². The minimum absolute atomic E-state index is 0.0854. The highest BCUT2D eigenvalue weighted by atomic mass is 16.3. The van der Waals surface area contributed by atoms with E-state index < -0.39 is 5.60 Å². The highest BCUT2D eigenvalue weighted by Gasteiger charge is 2.34. The van der Waals surface area contributed by atoms with Crippen molar-refractivity contribution in [2.24, 2.45) is 0 Å². The molecule has 1 aliphatic rings. The minimum Gasteiger partial charge on any atom is -0.393 e. The van der Waals surface area contributed by atoms with Gasteiger partial charge in [-0.15, -0.1) is 0 Å². The number of piperidine rings is 1. The number of hydrogen-bond acceptors (Lipinski definition) is 3. The van der Waals surface area contributed by atoms with Gasteiger partial charge in [0.2, 0.25) is 0 Å². The van der Waals surface area contributed by atoms with Gasteiger partial charge in [-0.1, -0.05) is 0 Å². The van der Waals surface area contributed by atoms with Gasteiger partial charge in [0.15, 0.2) is 0 Å². The maximum absolute atomic E-state index is 12.6. The number of carbonyl (C=O) groups is 1. The quantitative estimate of drug-likeness (QED) is 0.905. The molecule has 1 atom stereocenters. The molecule has 1 aromatic carbocycles. The van der Waals surface area contributed by atoms with E-state index >= 15 is 0 Å². The molecule has 22 heavy (non-hydrogen) atoms. The predicted molar refractivity (Wildman–Crippen MR) is 84.8 cm³/mol. The number of fused-ring (bicyclic) bond motifs is 1. The number of aromatic nitrogens is 1. The van der Waals surface area contributed by atoms with Crippen molar-refractivity contribution >= 4 is 16.8 Å². The summed E-state index contributed by atoms with van der Waals surface area (Å²) in [5.41, 5.74) is 0.580. The number of rotatable bonds is 3. The van der Waals surface area contributed by atoms with E-state index in [0.717, 1.165) is 17.4 Å². The molecule has 0 spiro atoms. The van der Waals surface area contributed by atoms with Crippen LogP contribution in [0.2, 0.25) is 0 Å². The lowest BCUT2D eigenvalue weighted by atomic mass is 9.93. The van der Waals surface area contributed by atoms with Crippen molar-refractivity contribution < 1.29 is 15.0 Å². The van der Waals surface area contributed by atoms with E-state index in [4.69, 9.17) is 0 Å². The van der Waals surface area contributed by atoms with Crippen molar-refractivity contribution in [3.63, 3.8) is 0 Å². The molecule has 0 aliphatic carbocycles. The summed E-state index contributed by atoms with van der Waals surface area (Å²) in [4.78, 5) is 14.3. The molecule has 2 N–H and O–H groups in total. The van der Waals surface area contributed by atoms with Gasteiger partial charge in [-0.2, -0.15) is 0 Å². The van der Waals surface area contributed by atoms with Gasteiger partial charge in [-0.25, -0.2) is 0 Å². The Morgan fingerprint density at radius 1 is 1.36 bits per heavy atom. The Morgan fingerprint density at radius 3 is 2.91 bits per heavy atom. The molecular formula is C17H22N2O3. The zero-order chi connectivity index (χ0) is 15.7. The monoisotopic (exact) mass is 302 g/mol. The molecule has 0 saturated carbocycles. The molecule has 5 heteroatoms. The fraction of sp³-hybridized carbons (Fsp3) is 0.471. The van der Waals surface area contributed by atoms with Crippen LogP contribution in [0.4, 0.5) is 0 Å². The van der Waals surface area contributed by atoms with E-state index in [1.807, 2.05) is 30.5 Å². The van der Waals surface area contributed by atoms with Gasteiger partial charge in [-0.3, -0.25) is 4.79 Å². The number of aliphatic hydroxyl groups excluding tert-OH is 1. The molecular weight excluding hydrogens is 280 g/mol. The fourth-order valence-corrected chi connectivity index (χ4v) is 3.21. The van der Waals surface area contributed by atoms with Crippen molar-refractivity contribution in [2.75, 3.05) is 19.7 Å². The lowest BCUT2D eigenvalue weighted by Gasteiger charge is -2.38. The normalized spacial score (nSPS) is 22.2. The lowest BCUT2D eigenvalue weighted by molar-refractivity contribution is -0.0598. The van der Waals surface area contributed by atoms with Crippen LogP contribution in [-0.2, 0) is 6.54 Å². The molecule has 1 aromatic heterocycles. The van der Waals surface area contributed by atoms with Crippen LogP contribution >= 0.6 is 0 Å². The Labute approximate surface area is 129 Å². The van der Waals surface area contributed by atoms with Gasteiger partial charge in [0.1, 0.15) is 5.60 Å². The lowest BCUT2D eigenvalue weighted by Crippen LogP contribution is -2.52. The van der Waals surface area contributed by atoms with E-state index in [1.54, 1.807) is 4.90 Å². The molecule has 2 aromatic rings. The Hall–Kier alpha value is -1.85. The van der Waals surface area contributed by atoms with E-state index in [1.165, 1.54) is 0 Å². The first kappa shape index (κ1) is 15.1. The van der Waals surface area contributed by atoms with Crippen molar-refractivity contribution in [2.45, 2.75) is 31.9 Å². The number of aliphatic hydroxyl groups is 2. The number of nitrogens with zero attached hydrogens (tertiary/aromatic N) is 2. The van der Waals surface area contributed by atoms with Crippen molar-refractivity contribution in [1.82, 2.24) is 9.47 Å². The number of hydrogen-bond donors (Lipinski definition) is 2. The number of amides is 1. The topological polar surface area (TPSA) is 65.7 Å². The third kappa shape index (κ3) is 2.62. The van der Waals surface area contributed by atoms with Crippen LogP contribution in [0, 0.1) is 0 Å². The van der Waals surface area contributed by atoms with Crippen LogP contribution < -0.4 is 0 Å². The number of carbonyl (C=O) groups excluding carboxylic acids is 1. The van der Waals surface area contributed by atoms with Gasteiger partial charge < -0.3 is 19.7 Å². The van der Waals surface area contributed by atoms with Crippen molar-refractivity contribution in [1.29, 1.82) is 0 Å². The fourth-order valence-electron chi connectivity index (χ4n) is 3.21. The third-order valence-electron chi connectivity index (χ3n) is 4.50. The molecule has 1 amide bonds. The van der Waals surface area contributed by atoms with Gasteiger partial charge >= 0.3 is 0 Å². The Bertz CT molecular complexity index is 694. The number of likely N-dealkylation sites (tertiary alicyclic amines) is 1. The van der Waals surface area contributed by atoms with Crippen LogP contribution in [0.1, 0.15) is 30.1 Å². The van der Waals surface area contributed by atoms with Crippen molar-refractivity contribution in [3.8, 4) is 0 Å². The SMILES string of the molecule is CCn1ccc2cc(C(=O)N3CCCC(O)(CO)C3)ccc21. The van der Waals surface area contributed by atoms with Crippen LogP contribution in [0.15, 0.2) is 30.5 Å². The number of β-amino-alcohol motifs (C(OH)–C–C–N with tert-alkyl or cyclic N) is 1. The number of benzene rings is 1. The largest absolute Gasteiger partial charge is 0.393 e. The summed E-state index contributed by atoms with van der Waals surface area (Å²) in [6, 6.07) is 7.71. The minimum atomic E-state index is -1.16. The van der Waals surface area contributed by atoms with E-state index in [0.29, 0.717) is 24.9 Å². The molecule has 3 rings (SSSR count). The molecule has 118 valence electrons. The second-order valence-corrected chi connectivity index (χ2v) is 6.09. The highest BCUT2D eigenvalue weighted by molar-refractivity contribution is 5.98. The molecule has 0 radical (unpaired) electrons. The van der Waals surface area contributed by atoms with Crippen LogP contribution in [0.25, 0.3) is 10.9 Å². The zero-order valence-electron chi connectivity index (χ0n) is 12.8. The maximum atomic E-state index is 12.6. The van der Waals surface area contributed by atoms with E-state index in [-0.39, 0.29) is 19.1 Å². The van der Waals surface area contributed by atoms with Gasteiger partial charge in [-0.05, 0) is 44.0 Å². The first-order valence-electron chi connectivity index (χ1n) is 7.78. The Morgan fingerprint density at radius 2 is 2.18 bits per heavy atom. The number of aryl methyl sites for hydroxylation is 1. The second kappa shape index (κ2) is 5.74. The summed E-state index contributed by atoms with van der Waals surface area (Å²) in [5, 5.41) is 20.6. The molecule has 0 bridgehead atoms. The smallest absolute Gasteiger partial charge is 0.253 e. The highest BCUT2D eigenvalue weighted by Crippen LogP contribution is 2.24. The van der Waals surface area contributed by atoms with E-state index in [2.05, 4.69) is 11.5 Å². The van der Waals surface area contributed by atoms with Crippen molar-refractivity contribution in [3.05, 3.63) is 36.0 Å². The summed E-state index contributed by atoms with van der Waals surface area (Å²) < 4.78 is 2.13. The van der Waals surface area contributed by atoms with Gasteiger partial charge in [0, 0.05) is 35.8 Å². The molecule has 1 aliphatic heterocycles. The average Bonchev–Trinajstić information content (AvgIpc) is 2.96. The first-order valence-corrected chi connectivity index (χ1v) is 7.78. The van der Waals surface area contributed by atoms with Crippen LogP contribution in [-0.4, -0.2) is 50.9 Å². The third-order valence-corrected chi connectivity index (χ3v) is 4.50. The maximum Gasteiger partial charge on any atom is 0.253 e. The summed E-state index contributed by atoms with van der Waals surface area (Å²) >= 11 is 0. The summed E-state index contributed by atoms with van der Waals surface area (Å²) in [7, 11) is 0. The summed E-state index contributed by atoms with van der Waals surface area (Å²) in [6.07, 6.45) is 3.26. The Balaban J connectivity index is 1.85. The summed E-state index contributed by atoms with van der Waals surface area (Å²) in [5.74, 6) is -0.0854. The molecule has 1 unspecified atom stereocenters. The molecule has 2 heterocycles.